The number of hydrogen-bond donors (Lipinski definition) is 3. The van der Waals surface area contributed by atoms with E-state index < -0.39 is 5.97 Å². The number of carbonyl (C=O) groups is 2. The lowest BCUT2D eigenvalue weighted by molar-refractivity contribution is -0.124. The maximum Gasteiger partial charge on any atom is 0.335 e. The van der Waals surface area contributed by atoms with E-state index in [0.29, 0.717) is 18.9 Å². The molecule has 0 saturated carbocycles. The molecular weight excluding hydrogens is 268 g/mol. The van der Waals surface area contributed by atoms with E-state index in [1.807, 2.05) is 6.07 Å². The largest absolute Gasteiger partial charge is 0.478 e. The van der Waals surface area contributed by atoms with E-state index in [1.165, 1.54) is 0 Å². The first kappa shape index (κ1) is 15.5. The van der Waals surface area contributed by atoms with Crippen molar-refractivity contribution in [3.05, 3.63) is 35.4 Å². The van der Waals surface area contributed by atoms with Crippen LogP contribution in [0.15, 0.2) is 24.3 Å². The van der Waals surface area contributed by atoms with Gasteiger partial charge in [0.05, 0.1) is 11.6 Å². The molecular formula is C16H22N2O3. The highest BCUT2D eigenvalue weighted by Gasteiger charge is 2.26. The quantitative estimate of drug-likeness (QED) is 0.766. The molecule has 1 fully saturated rings. The maximum absolute atomic E-state index is 12.1. The zero-order chi connectivity index (χ0) is 15.2. The summed E-state index contributed by atoms with van der Waals surface area (Å²) in [6.45, 7) is 3.50. The molecule has 5 nitrogen and oxygen atoms in total. The molecule has 1 aliphatic rings. The average molecular weight is 290 g/mol. The number of amides is 1. The zero-order valence-electron chi connectivity index (χ0n) is 12.3. The number of carboxylic acids is 1. The first-order valence-electron chi connectivity index (χ1n) is 7.41. The van der Waals surface area contributed by atoms with Crippen LogP contribution in [0.5, 0.6) is 0 Å². The third kappa shape index (κ3) is 4.29. The van der Waals surface area contributed by atoms with Crippen LogP contribution in [0.1, 0.15) is 35.7 Å². The Bertz CT molecular complexity index is 516. The predicted octanol–water partition coefficient (Wildman–Crippen LogP) is 1.43. The van der Waals surface area contributed by atoms with E-state index in [2.05, 4.69) is 17.6 Å². The maximum atomic E-state index is 12.1. The van der Waals surface area contributed by atoms with Crippen molar-refractivity contribution in [3.8, 4) is 0 Å². The summed E-state index contributed by atoms with van der Waals surface area (Å²) in [5.74, 6) is -0.535. The number of aromatic carboxylic acids is 1. The summed E-state index contributed by atoms with van der Waals surface area (Å²) in [7, 11) is 0. The summed E-state index contributed by atoms with van der Waals surface area (Å²) in [5, 5.41) is 15.1. The minimum atomic E-state index is -0.930. The number of carbonyl (C=O) groups excluding carboxylic acids is 1. The fourth-order valence-corrected chi connectivity index (χ4v) is 2.70. The summed E-state index contributed by atoms with van der Waals surface area (Å²) in [6, 6.07) is 6.71. The minimum absolute atomic E-state index is 0.0385. The lowest BCUT2D eigenvalue weighted by Gasteiger charge is -2.28. The van der Waals surface area contributed by atoms with Gasteiger partial charge in [0.2, 0.25) is 5.91 Å². The van der Waals surface area contributed by atoms with Gasteiger partial charge in [0.1, 0.15) is 0 Å². The van der Waals surface area contributed by atoms with E-state index in [4.69, 9.17) is 5.11 Å². The van der Waals surface area contributed by atoms with E-state index in [1.54, 1.807) is 18.2 Å². The molecule has 0 aliphatic carbocycles. The van der Waals surface area contributed by atoms with Crippen LogP contribution in [-0.2, 0) is 11.2 Å². The van der Waals surface area contributed by atoms with Gasteiger partial charge in [-0.25, -0.2) is 4.79 Å². The first-order valence-corrected chi connectivity index (χ1v) is 7.41. The Morgan fingerprint density at radius 1 is 1.43 bits per heavy atom. The molecule has 21 heavy (non-hydrogen) atoms. The molecule has 0 aromatic heterocycles. The van der Waals surface area contributed by atoms with Crippen LogP contribution in [0.4, 0.5) is 0 Å². The van der Waals surface area contributed by atoms with Gasteiger partial charge in [-0.3, -0.25) is 4.79 Å². The van der Waals surface area contributed by atoms with E-state index >= 15 is 0 Å². The van der Waals surface area contributed by atoms with Gasteiger partial charge in [0, 0.05) is 6.54 Å². The topological polar surface area (TPSA) is 78.4 Å². The van der Waals surface area contributed by atoms with Crippen molar-refractivity contribution in [2.24, 2.45) is 5.92 Å². The molecule has 3 N–H and O–H groups in total. The molecule has 2 atom stereocenters. The Morgan fingerprint density at radius 3 is 2.95 bits per heavy atom. The zero-order valence-corrected chi connectivity index (χ0v) is 12.3. The van der Waals surface area contributed by atoms with Crippen molar-refractivity contribution in [1.82, 2.24) is 10.6 Å². The molecule has 1 aromatic rings. The molecule has 1 aliphatic heterocycles. The predicted molar refractivity (Wildman–Crippen MR) is 80.3 cm³/mol. The normalized spacial score (nSPS) is 21.8. The van der Waals surface area contributed by atoms with Crippen LogP contribution >= 0.6 is 0 Å². The molecule has 2 rings (SSSR count). The van der Waals surface area contributed by atoms with Gasteiger partial charge in [0.25, 0.3) is 0 Å². The van der Waals surface area contributed by atoms with Crippen molar-refractivity contribution in [2.75, 3.05) is 13.1 Å². The lowest BCUT2D eigenvalue weighted by Crippen LogP contribution is -2.51. The first-order chi connectivity index (χ1) is 10.1. The summed E-state index contributed by atoms with van der Waals surface area (Å²) in [4.78, 5) is 23.0. The fourth-order valence-electron chi connectivity index (χ4n) is 2.70. The second-order valence-corrected chi connectivity index (χ2v) is 5.60. The number of piperidine rings is 1. The van der Waals surface area contributed by atoms with Gasteiger partial charge in [-0.1, -0.05) is 19.1 Å². The Hall–Kier alpha value is -1.88. The van der Waals surface area contributed by atoms with Gasteiger partial charge < -0.3 is 15.7 Å². The molecule has 0 bridgehead atoms. The van der Waals surface area contributed by atoms with Gasteiger partial charge in [-0.05, 0) is 49.4 Å². The number of nitrogens with one attached hydrogen (secondary N) is 2. The van der Waals surface area contributed by atoms with Crippen LogP contribution in [0.3, 0.4) is 0 Å². The average Bonchev–Trinajstić information content (AvgIpc) is 2.48. The molecule has 5 heteroatoms. The van der Waals surface area contributed by atoms with Crippen LogP contribution in [0.2, 0.25) is 0 Å². The number of benzene rings is 1. The van der Waals surface area contributed by atoms with Crippen LogP contribution in [0.25, 0.3) is 0 Å². The molecule has 2 unspecified atom stereocenters. The second kappa shape index (κ2) is 7.22. The summed E-state index contributed by atoms with van der Waals surface area (Å²) in [6.07, 6.45) is 2.83. The van der Waals surface area contributed by atoms with Crippen LogP contribution < -0.4 is 10.6 Å². The SMILES string of the molecule is CC1CCCNC1C(=O)NCCc1cccc(C(=O)O)c1. The monoisotopic (exact) mass is 290 g/mol. The van der Waals surface area contributed by atoms with Gasteiger partial charge in [-0.15, -0.1) is 0 Å². The van der Waals surface area contributed by atoms with Crippen molar-refractivity contribution in [3.63, 3.8) is 0 Å². The molecule has 1 amide bonds. The van der Waals surface area contributed by atoms with E-state index in [9.17, 15) is 9.59 Å². The van der Waals surface area contributed by atoms with E-state index in [0.717, 1.165) is 24.9 Å². The Labute approximate surface area is 124 Å². The van der Waals surface area contributed by atoms with Crippen molar-refractivity contribution in [2.45, 2.75) is 32.2 Å². The minimum Gasteiger partial charge on any atom is -0.478 e. The fraction of sp³-hybridized carbons (Fsp3) is 0.500. The second-order valence-electron chi connectivity index (χ2n) is 5.60. The third-order valence-electron chi connectivity index (χ3n) is 3.94. The number of hydrogen-bond acceptors (Lipinski definition) is 3. The number of carboxylic acid groups (broad SMARTS) is 1. The Morgan fingerprint density at radius 2 is 2.24 bits per heavy atom. The Balaban J connectivity index is 1.82. The van der Waals surface area contributed by atoms with Gasteiger partial charge in [-0.2, -0.15) is 0 Å². The Kier molecular flexibility index (Phi) is 5.33. The summed E-state index contributed by atoms with van der Waals surface area (Å²) in [5.41, 5.74) is 1.20. The smallest absolute Gasteiger partial charge is 0.335 e. The van der Waals surface area contributed by atoms with Crippen LogP contribution in [-0.4, -0.2) is 36.1 Å². The summed E-state index contributed by atoms with van der Waals surface area (Å²) < 4.78 is 0. The van der Waals surface area contributed by atoms with Gasteiger partial charge in [0.15, 0.2) is 0 Å². The van der Waals surface area contributed by atoms with Crippen molar-refractivity contribution >= 4 is 11.9 Å². The molecule has 1 aromatic carbocycles. The molecule has 114 valence electrons. The molecule has 1 heterocycles. The van der Waals surface area contributed by atoms with Crippen molar-refractivity contribution < 1.29 is 14.7 Å². The lowest BCUT2D eigenvalue weighted by atomic mass is 9.92. The standard InChI is InChI=1S/C16H22N2O3/c1-11-4-3-8-17-14(11)15(19)18-9-7-12-5-2-6-13(10-12)16(20)21/h2,5-6,10-11,14,17H,3-4,7-9H2,1H3,(H,18,19)(H,20,21). The highest BCUT2D eigenvalue weighted by Crippen LogP contribution is 2.15. The van der Waals surface area contributed by atoms with E-state index in [-0.39, 0.29) is 17.5 Å². The molecule has 0 radical (unpaired) electrons. The highest BCUT2D eigenvalue weighted by atomic mass is 16.4. The third-order valence-corrected chi connectivity index (χ3v) is 3.94. The molecule has 1 saturated heterocycles. The van der Waals surface area contributed by atoms with Crippen molar-refractivity contribution in [1.29, 1.82) is 0 Å². The summed E-state index contributed by atoms with van der Waals surface area (Å²) >= 11 is 0. The molecule has 0 spiro atoms. The van der Waals surface area contributed by atoms with Crippen LogP contribution in [0, 0.1) is 5.92 Å². The highest BCUT2D eigenvalue weighted by molar-refractivity contribution is 5.87. The number of rotatable bonds is 5. The van der Waals surface area contributed by atoms with Gasteiger partial charge >= 0.3 is 5.97 Å².